The van der Waals surface area contributed by atoms with Gasteiger partial charge in [-0.05, 0) is 41.8 Å². The van der Waals surface area contributed by atoms with Gasteiger partial charge >= 0.3 is 0 Å². The van der Waals surface area contributed by atoms with Crippen LogP contribution in [0.3, 0.4) is 0 Å². The Morgan fingerprint density at radius 3 is 2.68 bits per heavy atom. The van der Waals surface area contributed by atoms with Gasteiger partial charge < -0.3 is 14.8 Å². The van der Waals surface area contributed by atoms with Crippen LogP contribution in [0, 0.1) is 5.92 Å². The number of nitrogens with one attached hydrogen (secondary N) is 2. The van der Waals surface area contributed by atoms with Crippen LogP contribution in [-0.4, -0.2) is 30.9 Å². The van der Waals surface area contributed by atoms with Crippen molar-refractivity contribution in [1.29, 1.82) is 0 Å². The van der Waals surface area contributed by atoms with Crippen molar-refractivity contribution >= 4 is 34.0 Å². The number of hydrogen-bond donors (Lipinski definition) is 2. The van der Waals surface area contributed by atoms with Gasteiger partial charge in [0.15, 0.2) is 11.5 Å². The molecule has 0 spiro atoms. The highest BCUT2D eigenvalue weighted by atomic mass is 79.9. The third-order valence-corrected chi connectivity index (χ3v) is 4.60. The SMILES string of the molecule is CC(C)C(NC(=O)c1ccc2c(c1)OCO2)C(=O)NN=Cc1cccc(Br)c1. The van der Waals surface area contributed by atoms with Gasteiger partial charge in [0.2, 0.25) is 6.79 Å². The van der Waals surface area contributed by atoms with Crippen LogP contribution in [0.1, 0.15) is 29.8 Å². The largest absolute Gasteiger partial charge is 0.454 e. The summed E-state index contributed by atoms with van der Waals surface area (Å²) in [5.41, 5.74) is 3.71. The topological polar surface area (TPSA) is 89.0 Å². The zero-order valence-corrected chi connectivity index (χ0v) is 17.0. The molecule has 0 saturated heterocycles. The second kappa shape index (κ2) is 8.88. The predicted molar refractivity (Wildman–Crippen MR) is 109 cm³/mol. The van der Waals surface area contributed by atoms with E-state index in [-0.39, 0.29) is 18.6 Å². The molecule has 1 atom stereocenters. The average Bonchev–Trinajstić information content (AvgIpc) is 3.13. The molecule has 146 valence electrons. The van der Waals surface area contributed by atoms with E-state index in [0.717, 1.165) is 10.0 Å². The molecular weight excluding hydrogens is 426 g/mol. The van der Waals surface area contributed by atoms with E-state index in [1.807, 2.05) is 38.1 Å². The predicted octanol–water partition coefficient (Wildman–Crippen LogP) is 3.08. The summed E-state index contributed by atoms with van der Waals surface area (Å²) in [6.45, 7) is 3.83. The number of carbonyl (C=O) groups is 2. The quantitative estimate of drug-likeness (QED) is 0.528. The van der Waals surface area contributed by atoms with E-state index >= 15 is 0 Å². The highest BCUT2D eigenvalue weighted by molar-refractivity contribution is 9.10. The lowest BCUT2D eigenvalue weighted by Gasteiger charge is -2.20. The van der Waals surface area contributed by atoms with Gasteiger partial charge in [-0.2, -0.15) is 5.10 Å². The molecular formula is C20H20BrN3O4. The van der Waals surface area contributed by atoms with Crippen molar-refractivity contribution in [2.24, 2.45) is 11.0 Å². The zero-order chi connectivity index (χ0) is 20.1. The van der Waals surface area contributed by atoms with Crippen molar-refractivity contribution < 1.29 is 19.1 Å². The molecule has 8 heteroatoms. The Balaban J connectivity index is 1.63. The van der Waals surface area contributed by atoms with Gasteiger partial charge in [-0.3, -0.25) is 9.59 Å². The minimum atomic E-state index is -0.738. The lowest BCUT2D eigenvalue weighted by molar-refractivity contribution is -0.123. The fourth-order valence-corrected chi connectivity index (χ4v) is 3.04. The van der Waals surface area contributed by atoms with Crippen LogP contribution in [0.2, 0.25) is 0 Å². The molecule has 1 unspecified atom stereocenters. The standard InChI is InChI=1S/C20H20BrN3O4/c1-12(2)18(20(26)24-22-10-13-4-3-5-15(21)8-13)23-19(25)14-6-7-16-17(9-14)28-11-27-16/h3-10,12,18H,11H2,1-2H3,(H,23,25)(H,24,26). The van der Waals surface area contributed by atoms with Gasteiger partial charge in [0, 0.05) is 10.0 Å². The normalized spacial score (nSPS) is 13.6. The van der Waals surface area contributed by atoms with Crippen LogP contribution >= 0.6 is 15.9 Å². The van der Waals surface area contributed by atoms with Gasteiger partial charge in [0.1, 0.15) is 6.04 Å². The van der Waals surface area contributed by atoms with E-state index in [1.54, 1.807) is 24.4 Å². The lowest BCUT2D eigenvalue weighted by atomic mass is 10.0. The molecule has 1 heterocycles. The van der Waals surface area contributed by atoms with Gasteiger partial charge in [0.05, 0.1) is 6.21 Å². The number of hydrazone groups is 1. The number of halogens is 1. The third kappa shape index (κ3) is 4.89. The van der Waals surface area contributed by atoms with Crippen LogP contribution in [0.5, 0.6) is 11.5 Å². The number of ether oxygens (including phenoxy) is 2. The summed E-state index contributed by atoms with van der Waals surface area (Å²) >= 11 is 3.38. The summed E-state index contributed by atoms with van der Waals surface area (Å²) < 4.78 is 11.4. The molecule has 0 bridgehead atoms. The number of amides is 2. The Labute approximate surface area is 171 Å². The molecule has 1 aliphatic rings. The average molecular weight is 446 g/mol. The van der Waals surface area contributed by atoms with Crippen LogP contribution in [0.4, 0.5) is 0 Å². The molecule has 2 aromatic rings. The fraction of sp³-hybridized carbons (Fsp3) is 0.250. The van der Waals surface area contributed by atoms with Crippen molar-refractivity contribution in [3.05, 3.63) is 58.1 Å². The Morgan fingerprint density at radius 2 is 1.93 bits per heavy atom. The second-order valence-corrected chi connectivity index (χ2v) is 7.47. The van der Waals surface area contributed by atoms with Crippen molar-refractivity contribution in [1.82, 2.24) is 10.7 Å². The summed E-state index contributed by atoms with van der Waals surface area (Å²) in [5.74, 6) is 0.214. The van der Waals surface area contributed by atoms with Crippen LogP contribution in [0.15, 0.2) is 52.0 Å². The minimum Gasteiger partial charge on any atom is -0.454 e. The first-order valence-corrected chi connectivity index (χ1v) is 9.52. The highest BCUT2D eigenvalue weighted by Crippen LogP contribution is 2.32. The van der Waals surface area contributed by atoms with Crippen molar-refractivity contribution in [2.75, 3.05) is 6.79 Å². The summed E-state index contributed by atoms with van der Waals surface area (Å²) in [4.78, 5) is 25.1. The van der Waals surface area contributed by atoms with Crippen LogP contribution in [-0.2, 0) is 4.79 Å². The van der Waals surface area contributed by atoms with E-state index in [2.05, 4.69) is 31.8 Å². The Kier molecular flexibility index (Phi) is 6.30. The second-order valence-electron chi connectivity index (χ2n) is 6.55. The van der Waals surface area contributed by atoms with E-state index < -0.39 is 11.9 Å². The fourth-order valence-electron chi connectivity index (χ4n) is 2.62. The smallest absolute Gasteiger partial charge is 0.262 e. The van der Waals surface area contributed by atoms with Crippen LogP contribution in [0.25, 0.3) is 0 Å². The summed E-state index contributed by atoms with van der Waals surface area (Å²) in [6.07, 6.45) is 1.54. The summed E-state index contributed by atoms with van der Waals surface area (Å²) in [7, 11) is 0. The maximum absolute atomic E-state index is 12.6. The molecule has 2 N–H and O–H groups in total. The Morgan fingerprint density at radius 1 is 1.14 bits per heavy atom. The summed E-state index contributed by atoms with van der Waals surface area (Å²) in [5, 5.41) is 6.73. The number of fused-ring (bicyclic) bond motifs is 1. The number of carbonyl (C=O) groups excluding carboxylic acids is 2. The first kappa shape index (κ1) is 19.9. The van der Waals surface area contributed by atoms with E-state index in [9.17, 15) is 9.59 Å². The Hall–Kier alpha value is -2.87. The van der Waals surface area contributed by atoms with Gasteiger partial charge in [-0.1, -0.05) is 41.9 Å². The lowest BCUT2D eigenvalue weighted by Crippen LogP contribution is -2.48. The van der Waals surface area contributed by atoms with Crippen molar-refractivity contribution in [2.45, 2.75) is 19.9 Å². The third-order valence-electron chi connectivity index (χ3n) is 4.11. The number of rotatable bonds is 6. The van der Waals surface area contributed by atoms with Crippen molar-refractivity contribution in [3.63, 3.8) is 0 Å². The maximum atomic E-state index is 12.6. The number of benzene rings is 2. The molecule has 0 aromatic heterocycles. The van der Waals surface area contributed by atoms with E-state index in [4.69, 9.17) is 9.47 Å². The van der Waals surface area contributed by atoms with Gasteiger partial charge in [-0.15, -0.1) is 0 Å². The molecule has 28 heavy (non-hydrogen) atoms. The number of hydrogen-bond acceptors (Lipinski definition) is 5. The molecule has 1 aliphatic heterocycles. The highest BCUT2D eigenvalue weighted by Gasteiger charge is 2.25. The maximum Gasteiger partial charge on any atom is 0.262 e. The van der Waals surface area contributed by atoms with E-state index in [1.165, 1.54) is 0 Å². The molecule has 7 nitrogen and oxygen atoms in total. The first-order valence-electron chi connectivity index (χ1n) is 8.73. The van der Waals surface area contributed by atoms with Gasteiger partial charge in [-0.25, -0.2) is 5.43 Å². The first-order chi connectivity index (χ1) is 13.4. The van der Waals surface area contributed by atoms with E-state index in [0.29, 0.717) is 17.1 Å². The zero-order valence-electron chi connectivity index (χ0n) is 15.4. The van der Waals surface area contributed by atoms with Crippen molar-refractivity contribution in [3.8, 4) is 11.5 Å². The number of nitrogens with zero attached hydrogens (tertiary/aromatic N) is 1. The monoisotopic (exact) mass is 445 g/mol. The van der Waals surface area contributed by atoms with Crippen LogP contribution < -0.4 is 20.2 Å². The molecule has 0 saturated carbocycles. The molecule has 3 rings (SSSR count). The molecule has 2 aromatic carbocycles. The minimum absolute atomic E-state index is 0.126. The Bertz CT molecular complexity index is 914. The molecule has 0 radical (unpaired) electrons. The van der Waals surface area contributed by atoms with Gasteiger partial charge in [0.25, 0.3) is 11.8 Å². The molecule has 2 amide bonds. The molecule has 0 aliphatic carbocycles. The molecule has 0 fully saturated rings. The summed E-state index contributed by atoms with van der Waals surface area (Å²) in [6, 6.07) is 11.7.